The van der Waals surface area contributed by atoms with E-state index in [0.717, 1.165) is 29.8 Å². The van der Waals surface area contributed by atoms with Crippen molar-refractivity contribution in [1.29, 1.82) is 0 Å². The van der Waals surface area contributed by atoms with Crippen molar-refractivity contribution in [2.24, 2.45) is 0 Å². The highest BCUT2D eigenvalue weighted by atomic mass is 16.1. The van der Waals surface area contributed by atoms with E-state index in [4.69, 9.17) is 0 Å². The van der Waals surface area contributed by atoms with Crippen LogP contribution in [-0.2, 0) is 0 Å². The zero-order valence-corrected chi connectivity index (χ0v) is 16.5. The Morgan fingerprint density at radius 1 is 0.926 bits per heavy atom. The Kier molecular flexibility index (Phi) is 5.05. The lowest BCUT2D eigenvalue weighted by molar-refractivity contribution is 0.00360. The number of aryl methyl sites for hydroxylation is 2. The van der Waals surface area contributed by atoms with Gasteiger partial charge in [0.05, 0.1) is 6.04 Å². The zero-order valence-electron chi connectivity index (χ0n) is 16.5. The normalized spacial score (nSPS) is 20.1. The van der Waals surface area contributed by atoms with Crippen molar-refractivity contribution >= 4 is 5.91 Å². The van der Waals surface area contributed by atoms with E-state index < -0.39 is 0 Å². The van der Waals surface area contributed by atoms with E-state index in [2.05, 4.69) is 40.5 Å². The lowest BCUT2D eigenvalue weighted by atomic mass is 9.79. The lowest BCUT2D eigenvalue weighted by Gasteiger charge is -2.51. The van der Waals surface area contributed by atoms with Crippen LogP contribution in [0.2, 0.25) is 0 Å². The van der Waals surface area contributed by atoms with E-state index in [1.165, 1.54) is 37.7 Å². The first-order valence-electron chi connectivity index (χ1n) is 10.3. The van der Waals surface area contributed by atoms with Crippen LogP contribution < -0.4 is 5.32 Å². The average molecular weight is 363 g/mol. The van der Waals surface area contributed by atoms with Crippen LogP contribution in [0.15, 0.2) is 48.5 Å². The standard InChI is InChI=1S/C24H30N2O/c1-18-10-8-11-19(2)21(18)23(27)25-22(20-12-4-3-5-13-20)24(14-6-7-15-24)26-16-9-17-26/h3-5,8,10-13,22H,6-7,9,14-17H2,1-2H3,(H,25,27). The Hall–Kier alpha value is -2.13. The summed E-state index contributed by atoms with van der Waals surface area (Å²) >= 11 is 0. The first kappa shape index (κ1) is 18.2. The smallest absolute Gasteiger partial charge is 0.252 e. The molecule has 1 saturated heterocycles. The topological polar surface area (TPSA) is 32.3 Å². The molecule has 0 spiro atoms. The predicted octanol–water partition coefficient (Wildman–Crippen LogP) is 4.79. The minimum atomic E-state index is 0.0352. The monoisotopic (exact) mass is 362 g/mol. The summed E-state index contributed by atoms with van der Waals surface area (Å²) in [5.41, 5.74) is 4.21. The Morgan fingerprint density at radius 2 is 1.56 bits per heavy atom. The average Bonchev–Trinajstić information content (AvgIpc) is 3.09. The maximum atomic E-state index is 13.4. The predicted molar refractivity (Wildman–Crippen MR) is 110 cm³/mol. The van der Waals surface area contributed by atoms with Gasteiger partial charge in [-0.1, -0.05) is 61.4 Å². The molecular weight excluding hydrogens is 332 g/mol. The fraction of sp³-hybridized carbons (Fsp3) is 0.458. The summed E-state index contributed by atoms with van der Waals surface area (Å²) in [6.45, 7) is 6.37. The minimum Gasteiger partial charge on any atom is -0.343 e. The second-order valence-corrected chi connectivity index (χ2v) is 8.24. The van der Waals surface area contributed by atoms with Crippen molar-refractivity contribution in [3.8, 4) is 0 Å². The van der Waals surface area contributed by atoms with Crippen molar-refractivity contribution in [1.82, 2.24) is 10.2 Å². The van der Waals surface area contributed by atoms with Crippen molar-refractivity contribution in [3.63, 3.8) is 0 Å². The number of benzene rings is 2. The molecule has 1 atom stereocenters. The molecule has 1 amide bonds. The number of nitrogens with one attached hydrogen (secondary N) is 1. The summed E-state index contributed by atoms with van der Waals surface area (Å²) in [6.07, 6.45) is 6.10. The van der Waals surface area contributed by atoms with Gasteiger partial charge in [-0.2, -0.15) is 0 Å². The molecule has 1 saturated carbocycles. The van der Waals surface area contributed by atoms with E-state index in [9.17, 15) is 4.79 Å². The SMILES string of the molecule is Cc1cccc(C)c1C(=O)NC(c1ccccc1)C1(N2CCC2)CCCC1. The molecule has 2 aromatic carbocycles. The third-order valence-corrected chi connectivity index (χ3v) is 6.61. The number of hydrogen-bond donors (Lipinski definition) is 1. The number of rotatable bonds is 5. The molecule has 3 nitrogen and oxygen atoms in total. The maximum Gasteiger partial charge on any atom is 0.252 e. The van der Waals surface area contributed by atoms with Crippen LogP contribution in [0.3, 0.4) is 0 Å². The van der Waals surface area contributed by atoms with Gasteiger partial charge in [-0.25, -0.2) is 0 Å². The number of likely N-dealkylation sites (tertiary alicyclic amines) is 1. The first-order chi connectivity index (χ1) is 13.1. The molecule has 1 aliphatic heterocycles. The zero-order chi connectivity index (χ0) is 18.9. The molecule has 1 heterocycles. The lowest BCUT2D eigenvalue weighted by Crippen LogP contribution is -2.60. The van der Waals surface area contributed by atoms with E-state index >= 15 is 0 Å². The maximum absolute atomic E-state index is 13.4. The highest BCUT2D eigenvalue weighted by molar-refractivity contribution is 5.97. The largest absolute Gasteiger partial charge is 0.343 e. The molecule has 0 bridgehead atoms. The van der Waals surface area contributed by atoms with E-state index in [1.807, 2.05) is 32.0 Å². The van der Waals surface area contributed by atoms with E-state index in [0.29, 0.717) is 0 Å². The third-order valence-electron chi connectivity index (χ3n) is 6.61. The van der Waals surface area contributed by atoms with E-state index in [-0.39, 0.29) is 17.5 Å². The molecule has 142 valence electrons. The van der Waals surface area contributed by atoms with Crippen molar-refractivity contribution in [2.75, 3.05) is 13.1 Å². The quantitative estimate of drug-likeness (QED) is 0.829. The van der Waals surface area contributed by atoms with E-state index in [1.54, 1.807) is 0 Å². The van der Waals surface area contributed by atoms with Gasteiger partial charge in [0.1, 0.15) is 0 Å². The molecule has 2 aliphatic rings. The summed E-state index contributed by atoms with van der Waals surface area (Å²) in [5, 5.41) is 3.48. The molecule has 4 rings (SSSR count). The van der Waals surface area contributed by atoms with Crippen molar-refractivity contribution in [2.45, 2.75) is 57.5 Å². The fourth-order valence-corrected chi connectivity index (χ4v) is 5.09. The summed E-state index contributed by atoms with van der Waals surface area (Å²) in [5.74, 6) is 0.0613. The van der Waals surface area contributed by atoms with Crippen LogP contribution in [0.5, 0.6) is 0 Å². The first-order valence-corrected chi connectivity index (χ1v) is 10.3. The molecule has 2 fully saturated rings. The molecule has 2 aromatic rings. The minimum absolute atomic E-state index is 0.0352. The third kappa shape index (κ3) is 3.29. The molecule has 3 heteroatoms. The number of amides is 1. The second kappa shape index (κ2) is 7.47. The van der Waals surface area contributed by atoms with Crippen LogP contribution in [-0.4, -0.2) is 29.4 Å². The van der Waals surface area contributed by atoms with Gasteiger partial charge in [0.15, 0.2) is 0 Å². The van der Waals surface area contributed by atoms with Gasteiger partial charge in [-0.15, -0.1) is 0 Å². The molecule has 0 radical (unpaired) electrons. The van der Waals surface area contributed by atoms with Crippen LogP contribution in [0.1, 0.15) is 65.2 Å². The highest BCUT2D eigenvalue weighted by Crippen LogP contribution is 2.46. The summed E-state index contributed by atoms with van der Waals surface area (Å²) < 4.78 is 0. The number of carbonyl (C=O) groups excluding carboxylic acids is 1. The Bertz CT molecular complexity index is 784. The van der Waals surface area contributed by atoms with Gasteiger partial charge >= 0.3 is 0 Å². The molecule has 27 heavy (non-hydrogen) atoms. The second-order valence-electron chi connectivity index (χ2n) is 8.24. The van der Waals surface area contributed by atoms with Crippen molar-refractivity contribution in [3.05, 3.63) is 70.8 Å². The molecular formula is C24H30N2O. The Morgan fingerprint density at radius 3 is 2.11 bits per heavy atom. The molecule has 1 N–H and O–H groups in total. The van der Waals surface area contributed by atoms with Crippen LogP contribution in [0.4, 0.5) is 0 Å². The Balaban J connectivity index is 1.72. The van der Waals surface area contributed by atoms with Gasteiger partial charge in [0.25, 0.3) is 5.91 Å². The van der Waals surface area contributed by atoms with Crippen LogP contribution >= 0.6 is 0 Å². The summed E-state index contributed by atoms with van der Waals surface area (Å²) in [4.78, 5) is 16.0. The van der Waals surface area contributed by atoms with Gasteiger partial charge < -0.3 is 5.32 Å². The highest BCUT2D eigenvalue weighted by Gasteiger charge is 2.48. The van der Waals surface area contributed by atoms with Gasteiger partial charge in [-0.3, -0.25) is 9.69 Å². The van der Waals surface area contributed by atoms with Crippen LogP contribution in [0.25, 0.3) is 0 Å². The van der Waals surface area contributed by atoms with Crippen LogP contribution in [0, 0.1) is 13.8 Å². The molecule has 1 aliphatic carbocycles. The van der Waals surface area contributed by atoms with Gasteiger partial charge in [0, 0.05) is 24.2 Å². The summed E-state index contributed by atoms with van der Waals surface area (Å²) in [7, 11) is 0. The molecule has 1 unspecified atom stereocenters. The number of nitrogens with zero attached hydrogens (tertiary/aromatic N) is 1. The summed E-state index contributed by atoms with van der Waals surface area (Å²) in [6, 6.07) is 16.7. The fourth-order valence-electron chi connectivity index (χ4n) is 5.09. The number of hydrogen-bond acceptors (Lipinski definition) is 2. The van der Waals surface area contributed by atoms with Crippen molar-refractivity contribution < 1.29 is 4.79 Å². The molecule has 0 aromatic heterocycles. The van der Waals surface area contributed by atoms with Gasteiger partial charge in [0.2, 0.25) is 0 Å². The van der Waals surface area contributed by atoms with Gasteiger partial charge in [-0.05, 0) is 49.8 Å². The Labute approximate surface area is 162 Å². The number of carbonyl (C=O) groups is 1.